The smallest absolute Gasteiger partial charge is 0.127 e. The van der Waals surface area contributed by atoms with Crippen LogP contribution in [0.1, 0.15) is 32.3 Å². The predicted molar refractivity (Wildman–Crippen MR) is 69.6 cm³/mol. The molecule has 1 heterocycles. The molecule has 0 unspecified atom stereocenters. The SMILES string of the molecule is C=C1c2cc(Br)ccc2OC(C)(C)C12CC2. The van der Waals surface area contributed by atoms with Crippen LogP contribution in [0.5, 0.6) is 5.75 Å². The van der Waals surface area contributed by atoms with Crippen LogP contribution in [0, 0.1) is 5.41 Å². The Balaban J connectivity index is 2.19. The lowest BCUT2D eigenvalue weighted by molar-refractivity contribution is 0.0475. The van der Waals surface area contributed by atoms with Gasteiger partial charge in [0.05, 0.1) is 0 Å². The number of rotatable bonds is 0. The lowest BCUT2D eigenvalue weighted by Crippen LogP contribution is -2.42. The van der Waals surface area contributed by atoms with Gasteiger partial charge < -0.3 is 4.74 Å². The summed E-state index contributed by atoms with van der Waals surface area (Å²) in [6.07, 6.45) is 2.40. The number of hydrogen-bond acceptors (Lipinski definition) is 1. The Kier molecular flexibility index (Phi) is 1.90. The van der Waals surface area contributed by atoms with E-state index in [0.29, 0.717) is 0 Å². The molecule has 0 N–H and O–H groups in total. The van der Waals surface area contributed by atoms with E-state index in [1.807, 2.05) is 12.1 Å². The van der Waals surface area contributed by atoms with E-state index in [1.54, 1.807) is 0 Å². The molecule has 0 amide bonds. The van der Waals surface area contributed by atoms with E-state index in [-0.39, 0.29) is 11.0 Å². The van der Waals surface area contributed by atoms with Gasteiger partial charge in [-0.1, -0.05) is 22.5 Å². The molecule has 0 saturated heterocycles. The molecular weight excluding hydrogens is 264 g/mol. The lowest BCUT2D eigenvalue weighted by Gasteiger charge is -2.42. The quantitative estimate of drug-likeness (QED) is 0.683. The summed E-state index contributed by atoms with van der Waals surface area (Å²) in [6.45, 7) is 8.66. The van der Waals surface area contributed by atoms with Crippen molar-refractivity contribution < 1.29 is 4.74 Å². The zero-order valence-electron chi connectivity index (χ0n) is 9.64. The summed E-state index contributed by atoms with van der Waals surface area (Å²) in [4.78, 5) is 0. The molecule has 1 saturated carbocycles. The normalized spacial score (nSPS) is 23.8. The summed E-state index contributed by atoms with van der Waals surface area (Å²) in [5, 5.41) is 0. The van der Waals surface area contributed by atoms with E-state index in [4.69, 9.17) is 4.74 Å². The molecular formula is C14H15BrO. The summed E-state index contributed by atoms with van der Waals surface area (Å²) in [5.41, 5.74) is 2.48. The van der Waals surface area contributed by atoms with Crippen LogP contribution in [0.25, 0.3) is 5.57 Å². The summed E-state index contributed by atoms with van der Waals surface area (Å²) >= 11 is 3.51. The second-order valence-corrected chi connectivity index (χ2v) is 6.23. The Bertz CT molecular complexity index is 484. The van der Waals surface area contributed by atoms with E-state index in [0.717, 1.165) is 10.2 Å². The lowest BCUT2D eigenvalue weighted by atomic mass is 9.76. The highest BCUT2D eigenvalue weighted by atomic mass is 79.9. The molecule has 1 spiro atoms. The summed E-state index contributed by atoms with van der Waals surface area (Å²) in [5.74, 6) is 0.968. The third kappa shape index (κ3) is 1.17. The van der Waals surface area contributed by atoms with Crippen LogP contribution in [-0.4, -0.2) is 5.60 Å². The Labute approximate surface area is 105 Å². The molecule has 1 aromatic rings. The molecule has 1 fully saturated rings. The first-order chi connectivity index (χ1) is 7.46. The first-order valence-corrected chi connectivity index (χ1v) is 6.44. The van der Waals surface area contributed by atoms with Gasteiger partial charge in [-0.05, 0) is 50.5 Å². The number of benzene rings is 1. The third-order valence-corrected chi connectivity index (χ3v) is 4.61. The standard InChI is InChI=1S/C14H15BrO/c1-9-11-8-10(15)4-5-12(11)16-13(2,3)14(9)6-7-14/h4-5,8H,1,6-7H2,2-3H3. The Morgan fingerprint density at radius 2 is 2.00 bits per heavy atom. The van der Waals surface area contributed by atoms with Crippen molar-refractivity contribution in [3.8, 4) is 5.75 Å². The van der Waals surface area contributed by atoms with Crippen LogP contribution < -0.4 is 4.74 Å². The molecule has 2 heteroatoms. The van der Waals surface area contributed by atoms with Crippen molar-refractivity contribution in [1.29, 1.82) is 0 Å². The average molecular weight is 279 g/mol. The van der Waals surface area contributed by atoms with Gasteiger partial charge in [-0.2, -0.15) is 0 Å². The monoisotopic (exact) mass is 278 g/mol. The van der Waals surface area contributed by atoms with Crippen LogP contribution in [0.3, 0.4) is 0 Å². The molecule has 84 valence electrons. The average Bonchev–Trinajstić information content (AvgIpc) is 2.99. The maximum atomic E-state index is 6.14. The molecule has 0 atom stereocenters. The fourth-order valence-corrected chi connectivity index (χ4v) is 3.21. The zero-order valence-corrected chi connectivity index (χ0v) is 11.2. The minimum absolute atomic E-state index is 0.120. The second kappa shape index (κ2) is 2.92. The fraction of sp³-hybridized carbons (Fsp3) is 0.429. The Morgan fingerprint density at radius 1 is 1.31 bits per heavy atom. The van der Waals surface area contributed by atoms with Crippen molar-refractivity contribution in [1.82, 2.24) is 0 Å². The molecule has 16 heavy (non-hydrogen) atoms. The van der Waals surface area contributed by atoms with Gasteiger partial charge in [-0.15, -0.1) is 0 Å². The fourth-order valence-electron chi connectivity index (χ4n) is 2.85. The highest BCUT2D eigenvalue weighted by Crippen LogP contribution is 2.66. The van der Waals surface area contributed by atoms with Crippen LogP contribution in [0.2, 0.25) is 0 Å². The van der Waals surface area contributed by atoms with Gasteiger partial charge in [-0.25, -0.2) is 0 Å². The molecule has 1 aliphatic carbocycles. The number of hydrogen-bond donors (Lipinski definition) is 0. The van der Waals surface area contributed by atoms with E-state index < -0.39 is 0 Å². The van der Waals surface area contributed by atoms with E-state index in [1.165, 1.54) is 24.0 Å². The second-order valence-electron chi connectivity index (χ2n) is 5.31. The van der Waals surface area contributed by atoms with Gasteiger partial charge in [-0.3, -0.25) is 0 Å². The summed E-state index contributed by atoms with van der Waals surface area (Å²) in [6, 6.07) is 6.17. The topological polar surface area (TPSA) is 9.23 Å². The van der Waals surface area contributed by atoms with Gasteiger partial charge in [0, 0.05) is 15.5 Å². The molecule has 1 aromatic carbocycles. The van der Waals surface area contributed by atoms with Crippen LogP contribution >= 0.6 is 15.9 Å². The van der Waals surface area contributed by atoms with Crippen molar-refractivity contribution in [3.63, 3.8) is 0 Å². The highest BCUT2D eigenvalue weighted by Gasteiger charge is 2.60. The molecule has 2 aliphatic rings. The van der Waals surface area contributed by atoms with E-state index in [2.05, 4.69) is 42.4 Å². The summed E-state index contributed by atoms with van der Waals surface area (Å²) in [7, 11) is 0. The van der Waals surface area contributed by atoms with Gasteiger partial charge in [0.1, 0.15) is 11.4 Å². The zero-order chi connectivity index (χ0) is 11.6. The molecule has 1 aliphatic heterocycles. The van der Waals surface area contributed by atoms with Crippen molar-refractivity contribution in [2.45, 2.75) is 32.3 Å². The number of halogens is 1. The molecule has 1 nitrogen and oxygen atoms in total. The van der Waals surface area contributed by atoms with Crippen molar-refractivity contribution in [2.75, 3.05) is 0 Å². The van der Waals surface area contributed by atoms with Gasteiger partial charge in [0.25, 0.3) is 0 Å². The minimum atomic E-state index is -0.120. The predicted octanol–water partition coefficient (Wildman–Crippen LogP) is 4.41. The van der Waals surface area contributed by atoms with Gasteiger partial charge in [0.2, 0.25) is 0 Å². The van der Waals surface area contributed by atoms with Crippen LogP contribution in [0.15, 0.2) is 29.3 Å². The van der Waals surface area contributed by atoms with Gasteiger partial charge in [0.15, 0.2) is 0 Å². The van der Waals surface area contributed by atoms with Crippen LogP contribution in [-0.2, 0) is 0 Å². The number of fused-ring (bicyclic) bond motifs is 1. The van der Waals surface area contributed by atoms with Crippen molar-refractivity contribution in [2.24, 2.45) is 5.41 Å². The Morgan fingerprint density at radius 3 is 2.62 bits per heavy atom. The molecule has 3 rings (SSSR count). The maximum absolute atomic E-state index is 6.14. The minimum Gasteiger partial charge on any atom is -0.486 e. The molecule has 0 radical (unpaired) electrons. The first kappa shape index (κ1) is 10.4. The van der Waals surface area contributed by atoms with E-state index >= 15 is 0 Å². The first-order valence-electron chi connectivity index (χ1n) is 5.65. The maximum Gasteiger partial charge on any atom is 0.127 e. The molecule has 0 aromatic heterocycles. The Hall–Kier alpha value is -0.760. The number of ether oxygens (including phenoxy) is 1. The third-order valence-electron chi connectivity index (χ3n) is 4.11. The van der Waals surface area contributed by atoms with Gasteiger partial charge >= 0.3 is 0 Å². The largest absolute Gasteiger partial charge is 0.486 e. The van der Waals surface area contributed by atoms with E-state index in [9.17, 15) is 0 Å². The van der Waals surface area contributed by atoms with Crippen molar-refractivity contribution in [3.05, 3.63) is 34.8 Å². The summed E-state index contributed by atoms with van der Waals surface area (Å²) < 4.78 is 7.23. The highest BCUT2D eigenvalue weighted by molar-refractivity contribution is 9.10. The van der Waals surface area contributed by atoms with Crippen molar-refractivity contribution >= 4 is 21.5 Å². The van der Waals surface area contributed by atoms with Crippen LogP contribution in [0.4, 0.5) is 0 Å². The molecule has 0 bridgehead atoms.